The normalized spacial score (nSPS) is 14.9. The van der Waals surface area contributed by atoms with E-state index in [0.29, 0.717) is 22.4 Å². The van der Waals surface area contributed by atoms with Gasteiger partial charge >= 0.3 is 0 Å². The lowest BCUT2D eigenvalue weighted by atomic mass is 10.1. The van der Waals surface area contributed by atoms with E-state index in [4.69, 9.17) is 0 Å². The van der Waals surface area contributed by atoms with E-state index in [0.717, 1.165) is 0 Å². The number of pyridine rings is 1. The molecule has 1 aromatic rings. The summed E-state index contributed by atoms with van der Waals surface area (Å²) in [6.07, 6.45) is 2.23. The number of hydrazone groups is 1. The highest BCUT2D eigenvalue weighted by Gasteiger charge is 2.18. The Morgan fingerprint density at radius 2 is 2.29 bits per heavy atom. The van der Waals surface area contributed by atoms with E-state index in [2.05, 4.69) is 36.8 Å². The van der Waals surface area contributed by atoms with Crippen molar-refractivity contribution in [1.82, 2.24) is 10.4 Å². The van der Waals surface area contributed by atoms with Crippen molar-refractivity contribution in [2.75, 3.05) is 5.32 Å². The lowest BCUT2D eigenvalue weighted by molar-refractivity contribution is -0.121. The van der Waals surface area contributed by atoms with E-state index in [-0.39, 0.29) is 18.2 Å². The van der Waals surface area contributed by atoms with Crippen LogP contribution in [0.3, 0.4) is 0 Å². The van der Waals surface area contributed by atoms with Crippen LogP contribution in [0.4, 0.5) is 5.69 Å². The van der Waals surface area contributed by atoms with Gasteiger partial charge < -0.3 is 5.32 Å². The molecule has 0 spiro atoms. The fourth-order valence-corrected chi connectivity index (χ4v) is 1.66. The van der Waals surface area contributed by atoms with Gasteiger partial charge in [-0.3, -0.25) is 9.59 Å². The second-order valence-corrected chi connectivity index (χ2v) is 4.14. The van der Waals surface area contributed by atoms with Gasteiger partial charge in [-0.25, -0.2) is 10.4 Å². The Morgan fingerprint density at radius 1 is 1.47 bits per heavy atom. The van der Waals surface area contributed by atoms with Gasteiger partial charge in [0.05, 0.1) is 5.69 Å². The lowest BCUT2D eigenvalue weighted by Crippen LogP contribution is -2.32. The Balaban J connectivity index is 2.07. The van der Waals surface area contributed by atoms with Gasteiger partial charge in [-0.15, -0.1) is 0 Å². The van der Waals surface area contributed by atoms with Crippen LogP contribution in [0, 0.1) is 0 Å². The van der Waals surface area contributed by atoms with E-state index in [1.165, 1.54) is 0 Å². The molecule has 1 aromatic heterocycles. The topological polar surface area (TPSA) is 83.5 Å². The quantitative estimate of drug-likeness (QED) is 0.800. The molecule has 1 aliphatic rings. The molecule has 0 radical (unpaired) electrons. The van der Waals surface area contributed by atoms with Gasteiger partial charge in [0.25, 0.3) is 5.91 Å². The molecule has 6 nitrogen and oxygen atoms in total. The summed E-state index contributed by atoms with van der Waals surface area (Å²) in [4.78, 5) is 26.6. The van der Waals surface area contributed by atoms with Gasteiger partial charge in [-0.1, -0.05) is 0 Å². The summed E-state index contributed by atoms with van der Waals surface area (Å²) in [6, 6.07) is 3.43. The number of amides is 2. The van der Waals surface area contributed by atoms with Crippen molar-refractivity contribution >= 4 is 39.1 Å². The molecule has 0 saturated carbocycles. The second kappa shape index (κ2) is 5.05. The minimum atomic E-state index is -0.335. The van der Waals surface area contributed by atoms with Gasteiger partial charge in [-0.05, 0) is 28.1 Å². The monoisotopic (exact) mass is 296 g/mol. The number of nitrogens with one attached hydrogen (secondary N) is 2. The molecule has 0 bridgehead atoms. The van der Waals surface area contributed by atoms with Crippen molar-refractivity contribution in [2.24, 2.45) is 5.10 Å². The molecule has 0 atom stereocenters. The summed E-state index contributed by atoms with van der Waals surface area (Å²) >= 11 is 3.22. The van der Waals surface area contributed by atoms with E-state index in [1.54, 1.807) is 18.3 Å². The molecule has 0 fully saturated rings. The van der Waals surface area contributed by atoms with Crippen LogP contribution in [0.1, 0.15) is 12.8 Å². The predicted molar refractivity (Wildman–Crippen MR) is 65.4 cm³/mol. The van der Waals surface area contributed by atoms with Gasteiger partial charge in [0.15, 0.2) is 0 Å². The predicted octanol–water partition coefficient (Wildman–Crippen LogP) is 1.05. The minimum Gasteiger partial charge on any atom is -0.319 e. The minimum absolute atomic E-state index is 0.177. The van der Waals surface area contributed by atoms with Gasteiger partial charge in [-0.2, -0.15) is 5.10 Å². The first-order chi connectivity index (χ1) is 8.16. The van der Waals surface area contributed by atoms with E-state index in [9.17, 15) is 9.59 Å². The van der Waals surface area contributed by atoms with Gasteiger partial charge in [0, 0.05) is 19.0 Å². The Bertz CT molecular complexity index is 501. The Labute approximate surface area is 106 Å². The molecular weight excluding hydrogens is 288 g/mol. The van der Waals surface area contributed by atoms with Crippen LogP contribution in [0.2, 0.25) is 0 Å². The zero-order valence-electron chi connectivity index (χ0n) is 8.74. The fourth-order valence-electron chi connectivity index (χ4n) is 1.31. The average molecular weight is 297 g/mol. The maximum atomic E-state index is 11.8. The number of anilines is 1. The van der Waals surface area contributed by atoms with Crippen LogP contribution in [-0.2, 0) is 9.59 Å². The third-order valence-corrected chi connectivity index (χ3v) is 2.81. The number of halogens is 1. The van der Waals surface area contributed by atoms with E-state index in [1.807, 2.05) is 0 Å². The molecule has 7 heteroatoms. The fraction of sp³-hybridized carbons (Fsp3) is 0.200. The molecule has 0 saturated heterocycles. The Hall–Kier alpha value is -1.76. The average Bonchev–Trinajstić information content (AvgIpc) is 2.33. The van der Waals surface area contributed by atoms with Crippen LogP contribution in [0.15, 0.2) is 28.0 Å². The standard InChI is InChI=1S/C10H9BrN4O2/c11-9-6(2-1-5-12-9)13-10(17)7-3-4-8(16)15-14-7/h1-2,5H,3-4H2,(H,13,17)(H,15,16). The molecule has 0 aromatic carbocycles. The summed E-state index contributed by atoms with van der Waals surface area (Å²) < 4.78 is 0.550. The summed E-state index contributed by atoms with van der Waals surface area (Å²) in [7, 11) is 0. The molecule has 2 N–H and O–H groups in total. The van der Waals surface area contributed by atoms with E-state index >= 15 is 0 Å². The zero-order valence-corrected chi connectivity index (χ0v) is 10.3. The SMILES string of the molecule is O=C1CCC(C(=O)Nc2cccnc2Br)=NN1. The molecule has 17 heavy (non-hydrogen) atoms. The number of carbonyl (C=O) groups excluding carboxylic acids is 2. The summed E-state index contributed by atoms with van der Waals surface area (Å²) in [6.45, 7) is 0. The third kappa shape index (κ3) is 2.88. The molecule has 2 rings (SSSR count). The summed E-state index contributed by atoms with van der Waals surface area (Å²) in [5, 5.41) is 6.37. The summed E-state index contributed by atoms with van der Waals surface area (Å²) in [5.74, 6) is -0.511. The first-order valence-corrected chi connectivity index (χ1v) is 5.73. The number of hydrogen-bond acceptors (Lipinski definition) is 4. The number of rotatable bonds is 2. The van der Waals surface area contributed by atoms with Crippen molar-refractivity contribution in [2.45, 2.75) is 12.8 Å². The first kappa shape index (κ1) is 11.7. The highest BCUT2D eigenvalue weighted by Crippen LogP contribution is 2.18. The smallest absolute Gasteiger partial charge is 0.271 e. The van der Waals surface area contributed by atoms with Gasteiger partial charge in [0.1, 0.15) is 10.3 Å². The first-order valence-electron chi connectivity index (χ1n) is 4.94. The highest BCUT2D eigenvalue weighted by molar-refractivity contribution is 9.10. The number of carbonyl (C=O) groups is 2. The lowest BCUT2D eigenvalue weighted by Gasteiger charge is -2.12. The van der Waals surface area contributed by atoms with Crippen LogP contribution in [0.5, 0.6) is 0 Å². The van der Waals surface area contributed by atoms with E-state index < -0.39 is 0 Å². The maximum absolute atomic E-state index is 11.8. The number of nitrogens with zero attached hydrogens (tertiary/aromatic N) is 2. The van der Waals surface area contributed by atoms with Crippen molar-refractivity contribution < 1.29 is 9.59 Å². The summed E-state index contributed by atoms with van der Waals surface area (Å²) in [5.41, 5.74) is 3.15. The van der Waals surface area contributed by atoms with Crippen molar-refractivity contribution in [3.63, 3.8) is 0 Å². The van der Waals surface area contributed by atoms with Gasteiger partial charge in [0.2, 0.25) is 5.91 Å². The molecule has 0 aliphatic carbocycles. The van der Waals surface area contributed by atoms with Crippen molar-refractivity contribution in [3.05, 3.63) is 22.9 Å². The van der Waals surface area contributed by atoms with Crippen LogP contribution in [-0.4, -0.2) is 22.5 Å². The third-order valence-electron chi connectivity index (χ3n) is 2.17. The number of aromatic nitrogens is 1. The van der Waals surface area contributed by atoms with Crippen LogP contribution in [0.25, 0.3) is 0 Å². The molecular formula is C10H9BrN4O2. The molecule has 88 valence electrons. The van der Waals surface area contributed by atoms with Crippen molar-refractivity contribution in [3.8, 4) is 0 Å². The molecule has 2 heterocycles. The molecule has 2 amide bonds. The van der Waals surface area contributed by atoms with Crippen LogP contribution >= 0.6 is 15.9 Å². The highest BCUT2D eigenvalue weighted by atomic mass is 79.9. The molecule has 1 aliphatic heterocycles. The largest absolute Gasteiger partial charge is 0.319 e. The van der Waals surface area contributed by atoms with Crippen molar-refractivity contribution in [1.29, 1.82) is 0 Å². The maximum Gasteiger partial charge on any atom is 0.271 e. The molecule has 0 unspecified atom stereocenters. The van der Waals surface area contributed by atoms with Crippen LogP contribution < -0.4 is 10.7 Å². The Morgan fingerprint density at radius 3 is 2.94 bits per heavy atom. The zero-order chi connectivity index (χ0) is 12.3. The number of hydrogen-bond donors (Lipinski definition) is 2. The second-order valence-electron chi connectivity index (χ2n) is 3.39. The Kier molecular flexibility index (Phi) is 3.48.